The molecule has 18 heavy (non-hydrogen) atoms. The third kappa shape index (κ3) is 3.07. The second-order valence-corrected chi connectivity index (χ2v) is 4.15. The number of hydrogen-bond acceptors (Lipinski definition) is 3. The molecule has 96 valence electrons. The number of nitrogens with one attached hydrogen (secondary N) is 1. The van der Waals surface area contributed by atoms with Crippen LogP contribution in [-0.2, 0) is 6.54 Å². The van der Waals surface area contributed by atoms with Gasteiger partial charge in [0.05, 0.1) is 6.54 Å². The summed E-state index contributed by atoms with van der Waals surface area (Å²) in [6.07, 6.45) is 3.61. The van der Waals surface area contributed by atoms with E-state index >= 15 is 0 Å². The Morgan fingerprint density at radius 1 is 1.50 bits per heavy atom. The summed E-state index contributed by atoms with van der Waals surface area (Å²) in [4.78, 5) is 0. The van der Waals surface area contributed by atoms with Crippen molar-refractivity contribution in [3.05, 3.63) is 48.0 Å². The quantitative estimate of drug-likeness (QED) is 0.853. The summed E-state index contributed by atoms with van der Waals surface area (Å²) in [5, 5.41) is 16.4. The Hall–Kier alpha value is -1.88. The first-order chi connectivity index (χ1) is 8.66. The van der Waals surface area contributed by atoms with Gasteiger partial charge in [0.15, 0.2) is 0 Å². The molecule has 0 aliphatic heterocycles. The van der Waals surface area contributed by atoms with E-state index in [0.29, 0.717) is 12.1 Å². The second kappa shape index (κ2) is 5.64. The maximum absolute atomic E-state index is 13.6. The molecular formula is C13H16FN3O. The normalized spacial score (nSPS) is 12.6. The van der Waals surface area contributed by atoms with E-state index in [1.165, 1.54) is 6.07 Å². The number of rotatable bonds is 5. The summed E-state index contributed by atoms with van der Waals surface area (Å²) < 4.78 is 15.4. The Morgan fingerprint density at radius 3 is 3.00 bits per heavy atom. The monoisotopic (exact) mass is 249 g/mol. The van der Waals surface area contributed by atoms with Crippen LogP contribution in [-0.4, -0.2) is 21.4 Å². The van der Waals surface area contributed by atoms with E-state index < -0.39 is 5.82 Å². The predicted octanol–water partition coefficient (Wildman–Crippen LogP) is 2.08. The van der Waals surface area contributed by atoms with Gasteiger partial charge in [-0.15, -0.1) is 0 Å². The number of hydrogen-bond donors (Lipinski definition) is 2. The molecule has 1 aromatic heterocycles. The molecule has 0 aliphatic carbocycles. The van der Waals surface area contributed by atoms with Crippen molar-refractivity contribution in [1.29, 1.82) is 0 Å². The first-order valence-electron chi connectivity index (χ1n) is 5.86. The zero-order chi connectivity index (χ0) is 13.0. The van der Waals surface area contributed by atoms with Crippen LogP contribution in [0.4, 0.5) is 4.39 Å². The third-order valence-corrected chi connectivity index (χ3v) is 2.80. The van der Waals surface area contributed by atoms with Gasteiger partial charge in [-0.2, -0.15) is 5.10 Å². The minimum Gasteiger partial charge on any atom is -0.508 e. The molecule has 1 aromatic carbocycles. The fourth-order valence-corrected chi connectivity index (χ4v) is 1.81. The smallest absolute Gasteiger partial charge is 0.131 e. The Morgan fingerprint density at radius 2 is 2.33 bits per heavy atom. The van der Waals surface area contributed by atoms with Gasteiger partial charge in [-0.1, -0.05) is 6.07 Å². The molecule has 0 saturated carbocycles. The summed E-state index contributed by atoms with van der Waals surface area (Å²) >= 11 is 0. The lowest BCUT2D eigenvalue weighted by molar-refractivity contribution is 0.460. The van der Waals surface area contributed by atoms with Crippen molar-refractivity contribution in [2.24, 2.45) is 0 Å². The predicted molar refractivity (Wildman–Crippen MR) is 66.7 cm³/mol. The molecule has 2 aromatic rings. The first kappa shape index (κ1) is 12.6. The van der Waals surface area contributed by atoms with Crippen LogP contribution in [0, 0.1) is 5.82 Å². The second-order valence-electron chi connectivity index (χ2n) is 4.15. The standard InChI is InChI=1S/C13H16FN3O/c1-10(12-4-3-11(18)9-13(12)14)15-6-8-17-7-2-5-16-17/h2-5,7,9-10,15,18H,6,8H2,1H3. The van der Waals surface area contributed by atoms with Crippen LogP contribution in [0.25, 0.3) is 0 Å². The van der Waals surface area contributed by atoms with Gasteiger partial charge in [0.1, 0.15) is 11.6 Å². The minimum atomic E-state index is -0.394. The zero-order valence-corrected chi connectivity index (χ0v) is 10.2. The van der Waals surface area contributed by atoms with E-state index in [1.54, 1.807) is 12.3 Å². The number of halogens is 1. The van der Waals surface area contributed by atoms with Gasteiger partial charge in [0, 0.05) is 36.6 Å². The molecule has 1 unspecified atom stereocenters. The van der Waals surface area contributed by atoms with Gasteiger partial charge in [0.2, 0.25) is 0 Å². The summed E-state index contributed by atoms with van der Waals surface area (Å²) in [6, 6.07) is 5.96. The molecule has 1 atom stereocenters. The molecule has 5 heteroatoms. The Balaban J connectivity index is 1.89. The molecule has 0 fully saturated rings. The van der Waals surface area contributed by atoms with Crippen LogP contribution in [0.2, 0.25) is 0 Å². The fourth-order valence-electron chi connectivity index (χ4n) is 1.81. The number of phenols is 1. The van der Waals surface area contributed by atoms with Crippen molar-refractivity contribution in [1.82, 2.24) is 15.1 Å². The van der Waals surface area contributed by atoms with E-state index in [1.807, 2.05) is 23.9 Å². The van der Waals surface area contributed by atoms with Crippen LogP contribution >= 0.6 is 0 Å². The van der Waals surface area contributed by atoms with Gasteiger partial charge in [-0.25, -0.2) is 4.39 Å². The van der Waals surface area contributed by atoms with Crippen molar-refractivity contribution < 1.29 is 9.50 Å². The van der Waals surface area contributed by atoms with Crippen molar-refractivity contribution in [3.63, 3.8) is 0 Å². The summed E-state index contributed by atoms with van der Waals surface area (Å²) in [5.74, 6) is -0.450. The fraction of sp³-hybridized carbons (Fsp3) is 0.308. The molecule has 0 radical (unpaired) electrons. The highest BCUT2D eigenvalue weighted by Crippen LogP contribution is 2.20. The Labute approximate surface area is 105 Å². The molecule has 2 rings (SSSR count). The van der Waals surface area contributed by atoms with E-state index in [9.17, 15) is 4.39 Å². The largest absolute Gasteiger partial charge is 0.508 e. The highest BCUT2D eigenvalue weighted by molar-refractivity contribution is 5.29. The van der Waals surface area contributed by atoms with Gasteiger partial charge in [-0.3, -0.25) is 4.68 Å². The Kier molecular flexibility index (Phi) is 3.94. The lowest BCUT2D eigenvalue weighted by Crippen LogP contribution is -2.24. The van der Waals surface area contributed by atoms with Crippen molar-refractivity contribution >= 4 is 0 Å². The molecule has 4 nitrogen and oxygen atoms in total. The van der Waals surface area contributed by atoms with E-state index in [2.05, 4.69) is 10.4 Å². The summed E-state index contributed by atoms with van der Waals surface area (Å²) in [6.45, 7) is 3.32. The molecule has 1 heterocycles. The van der Waals surface area contributed by atoms with Crippen LogP contribution in [0.5, 0.6) is 5.75 Å². The molecule has 0 saturated heterocycles. The van der Waals surface area contributed by atoms with E-state index in [0.717, 1.165) is 12.6 Å². The molecular weight excluding hydrogens is 233 g/mol. The third-order valence-electron chi connectivity index (χ3n) is 2.80. The van der Waals surface area contributed by atoms with Crippen LogP contribution < -0.4 is 5.32 Å². The van der Waals surface area contributed by atoms with Gasteiger partial charge >= 0.3 is 0 Å². The maximum Gasteiger partial charge on any atom is 0.131 e. The summed E-state index contributed by atoms with van der Waals surface area (Å²) in [5.41, 5.74) is 0.549. The molecule has 0 aliphatic rings. The van der Waals surface area contributed by atoms with Crippen LogP contribution in [0.15, 0.2) is 36.7 Å². The van der Waals surface area contributed by atoms with Gasteiger partial charge in [-0.05, 0) is 19.1 Å². The van der Waals surface area contributed by atoms with Crippen LogP contribution in [0.3, 0.4) is 0 Å². The SMILES string of the molecule is CC(NCCn1cccn1)c1ccc(O)cc1F. The molecule has 0 spiro atoms. The van der Waals surface area contributed by atoms with Crippen molar-refractivity contribution in [3.8, 4) is 5.75 Å². The number of benzene rings is 1. The number of aromatic hydroxyl groups is 1. The van der Waals surface area contributed by atoms with Gasteiger partial charge < -0.3 is 10.4 Å². The van der Waals surface area contributed by atoms with Crippen molar-refractivity contribution in [2.75, 3.05) is 6.54 Å². The summed E-state index contributed by atoms with van der Waals surface area (Å²) in [7, 11) is 0. The minimum absolute atomic E-state index is 0.0556. The van der Waals surface area contributed by atoms with E-state index in [4.69, 9.17) is 5.11 Å². The van der Waals surface area contributed by atoms with Crippen LogP contribution in [0.1, 0.15) is 18.5 Å². The number of phenolic OH excluding ortho intramolecular Hbond substituents is 1. The highest BCUT2D eigenvalue weighted by Gasteiger charge is 2.10. The first-order valence-corrected chi connectivity index (χ1v) is 5.86. The van der Waals surface area contributed by atoms with Crippen molar-refractivity contribution in [2.45, 2.75) is 19.5 Å². The maximum atomic E-state index is 13.6. The molecule has 0 amide bonds. The molecule has 0 bridgehead atoms. The average Bonchev–Trinajstić information content (AvgIpc) is 2.81. The van der Waals surface area contributed by atoms with E-state index in [-0.39, 0.29) is 11.8 Å². The molecule has 2 N–H and O–H groups in total. The van der Waals surface area contributed by atoms with Gasteiger partial charge in [0.25, 0.3) is 0 Å². The lowest BCUT2D eigenvalue weighted by Gasteiger charge is -2.15. The average molecular weight is 249 g/mol. The lowest BCUT2D eigenvalue weighted by atomic mass is 10.1. The Bertz CT molecular complexity index is 499. The highest BCUT2D eigenvalue weighted by atomic mass is 19.1. The topological polar surface area (TPSA) is 50.1 Å². The number of aromatic nitrogens is 2. The number of nitrogens with zero attached hydrogens (tertiary/aromatic N) is 2. The zero-order valence-electron chi connectivity index (χ0n) is 10.2.